The molecule has 0 spiro atoms. The molecule has 0 aromatic rings. The van der Waals surface area contributed by atoms with E-state index in [4.69, 9.17) is 4.74 Å². The summed E-state index contributed by atoms with van der Waals surface area (Å²) in [6, 6.07) is 0. The van der Waals surface area contributed by atoms with Crippen LogP contribution in [0.1, 0.15) is 80.1 Å². The van der Waals surface area contributed by atoms with Gasteiger partial charge in [-0.3, -0.25) is 4.79 Å². The van der Waals surface area contributed by atoms with Gasteiger partial charge in [0.15, 0.2) is 0 Å². The molecule has 0 saturated heterocycles. The van der Waals surface area contributed by atoms with Crippen molar-refractivity contribution in [3.05, 3.63) is 0 Å². The van der Waals surface area contributed by atoms with Gasteiger partial charge < -0.3 is 9.84 Å². The number of fused-ring (bicyclic) bond motifs is 2. The van der Waals surface area contributed by atoms with Crippen molar-refractivity contribution in [3.8, 4) is 0 Å². The van der Waals surface area contributed by atoms with Crippen molar-refractivity contribution in [1.29, 1.82) is 0 Å². The highest BCUT2D eigenvalue weighted by atomic mass is 19.4. The molecule has 2 rings (SSSR count). The lowest BCUT2D eigenvalue weighted by Crippen LogP contribution is -2.58. The number of alkyl halides is 6. The van der Waals surface area contributed by atoms with E-state index in [0.717, 1.165) is 0 Å². The van der Waals surface area contributed by atoms with Gasteiger partial charge in [0.25, 0.3) is 5.60 Å². The van der Waals surface area contributed by atoms with Crippen LogP contribution in [-0.4, -0.2) is 35.1 Å². The molecule has 1 N–H and O–H groups in total. The molecule has 2 saturated carbocycles. The van der Waals surface area contributed by atoms with Crippen LogP contribution >= 0.6 is 0 Å². The molecule has 0 aromatic carbocycles. The first kappa shape index (κ1) is 27.3. The number of carbonyl (C=O) groups excluding carboxylic acids is 1. The van der Waals surface area contributed by atoms with Gasteiger partial charge in [0, 0.05) is 0 Å². The van der Waals surface area contributed by atoms with E-state index in [1.54, 1.807) is 0 Å². The third kappa shape index (κ3) is 5.55. The van der Waals surface area contributed by atoms with Gasteiger partial charge in [-0.25, -0.2) is 0 Å². The number of ether oxygens (including phenoxy) is 1. The number of hydrogen-bond acceptors (Lipinski definition) is 3. The minimum Gasteiger partial charge on any atom is -0.462 e. The Labute approximate surface area is 186 Å². The molecule has 0 aromatic heterocycles. The minimum atomic E-state index is -5.81. The van der Waals surface area contributed by atoms with E-state index < -0.39 is 47.7 Å². The molecule has 188 valence electrons. The van der Waals surface area contributed by atoms with Crippen molar-refractivity contribution in [2.24, 2.45) is 34.5 Å². The van der Waals surface area contributed by atoms with E-state index in [1.165, 1.54) is 0 Å². The quantitative estimate of drug-likeness (QED) is 0.345. The first-order chi connectivity index (χ1) is 14.2. The maximum Gasteiger partial charge on any atom is 0.426 e. The number of carbonyl (C=O) groups is 1. The van der Waals surface area contributed by atoms with Crippen molar-refractivity contribution in [1.82, 2.24) is 0 Å². The third-order valence-electron chi connectivity index (χ3n) is 7.51. The summed E-state index contributed by atoms with van der Waals surface area (Å²) in [5.41, 5.74) is -5.60. The topological polar surface area (TPSA) is 46.5 Å². The Hall–Kier alpha value is -0.990. The van der Waals surface area contributed by atoms with Gasteiger partial charge >= 0.3 is 18.3 Å². The highest BCUT2D eigenvalue weighted by Crippen LogP contribution is 2.54. The summed E-state index contributed by atoms with van der Waals surface area (Å²) >= 11 is 0. The van der Waals surface area contributed by atoms with E-state index in [-0.39, 0.29) is 36.1 Å². The van der Waals surface area contributed by atoms with Gasteiger partial charge in [-0.05, 0) is 74.5 Å². The molecule has 0 amide bonds. The Balaban J connectivity index is 2.12. The van der Waals surface area contributed by atoms with Gasteiger partial charge in [-0.1, -0.05) is 34.6 Å². The molecular weight excluding hydrogens is 438 g/mol. The Morgan fingerprint density at radius 2 is 1.47 bits per heavy atom. The minimum absolute atomic E-state index is 0.00383. The number of rotatable bonds is 6. The molecule has 0 aliphatic heterocycles. The Morgan fingerprint density at radius 1 is 0.938 bits per heavy atom. The molecule has 2 fully saturated rings. The van der Waals surface area contributed by atoms with Crippen molar-refractivity contribution in [3.63, 3.8) is 0 Å². The fourth-order valence-electron chi connectivity index (χ4n) is 5.64. The van der Waals surface area contributed by atoms with E-state index in [1.807, 2.05) is 41.5 Å². The average Bonchev–Trinajstić information content (AvgIpc) is 2.84. The third-order valence-corrected chi connectivity index (χ3v) is 7.51. The second kappa shape index (κ2) is 8.66. The van der Waals surface area contributed by atoms with Crippen LogP contribution in [0.3, 0.4) is 0 Å². The molecule has 3 nitrogen and oxygen atoms in total. The molecule has 5 atom stereocenters. The highest BCUT2D eigenvalue weighted by Gasteiger charge is 2.71. The van der Waals surface area contributed by atoms with Crippen LogP contribution < -0.4 is 0 Å². The molecule has 2 bridgehead atoms. The van der Waals surface area contributed by atoms with Gasteiger partial charge in [0.05, 0.1) is 5.41 Å². The molecule has 9 heteroatoms. The van der Waals surface area contributed by atoms with Gasteiger partial charge in [-0.2, -0.15) is 26.3 Å². The van der Waals surface area contributed by atoms with Crippen molar-refractivity contribution in [2.45, 2.75) is 104 Å². The van der Waals surface area contributed by atoms with E-state index in [0.29, 0.717) is 19.3 Å². The van der Waals surface area contributed by atoms with Crippen LogP contribution in [0.4, 0.5) is 26.3 Å². The SMILES string of the molecule is CC(C)C(C)(CC(C)(C)C)C(=O)OC1CC2CC(C1)C(CC(O)(C(F)(F)F)C(F)(F)F)C2. The lowest BCUT2D eigenvalue weighted by atomic mass is 9.68. The smallest absolute Gasteiger partial charge is 0.426 e. The lowest BCUT2D eigenvalue weighted by molar-refractivity contribution is -0.373. The normalized spacial score (nSPS) is 29.2. The fraction of sp³-hybridized carbons (Fsp3) is 0.957. The van der Waals surface area contributed by atoms with E-state index in [9.17, 15) is 36.2 Å². The number of halogens is 6. The van der Waals surface area contributed by atoms with E-state index >= 15 is 0 Å². The van der Waals surface area contributed by atoms with Crippen molar-refractivity contribution >= 4 is 5.97 Å². The van der Waals surface area contributed by atoms with E-state index in [2.05, 4.69) is 0 Å². The first-order valence-electron chi connectivity index (χ1n) is 11.3. The summed E-state index contributed by atoms with van der Waals surface area (Å²) in [6.45, 7) is 11.8. The van der Waals surface area contributed by atoms with Crippen molar-refractivity contribution < 1.29 is 41.0 Å². The van der Waals surface area contributed by atoms with Gasteiger partial charge in [0.2, 0.25) is 0 Å². The number of esters is 1. The summed E-state index contributed by atoms with van der Waals surface area (Å²) < 4.78 is 84.7. The Bertz CT molecular complexity index is 665. The molecule has 2 aliphatic carbocycles. The highest BCUT2D eigenvalue weighted by molar-refractivity contribution is 5.77. The van der Waals surface area contributed by atoms with Crippen LogP contribution in [0.25, 0.3) is 0 Å². The zero-order valence-corrected chi connectivity index (χ0v) is 19.7. The van der Waals surface area contributed by atoms with Crippen LogP contribution in [0.15, 0.2) is 0 Å². The van der Waals surface area contributed by atoms with Gasteiger partial charge in [-0.15, -0.1) is 0 Å². The fourth-order valence-corrected chi connectivity index (χ4v) is 5.64. The summed E-state index contributed by atoms with van der Waals surface area (Å²) in [7, 11) is 0. The second-order valence-corrected chi connectivity index (χ2v) is 11.7. The summed E-state index contributed by atoms with van der Waals surface area (Å²) in [5.74, 6) is -1.86. The van der Waals surface area contributed by atoms with Crippen LogP contribution in [0.5, 0.6) is 0 Å². The zero-order valence-electron chi connectivity index (χ0n) is 19.7. The average molecular weight is 475 g/mol. The second-order valence-electron chi connectivity index (χ2n) is 11.7. The summed E-state index contributed by atoms with van der Waals surface area (Å²) in [4.78, 5) is 13.1. The van der Waals surface area contributed by atoms with Crippen molar-refractivity contribution in [2.75, 3.05) is 0 Å². The molecule has 0 heterocycles. The molecule has 2 aliphatic rings. The summed E-state index contributed by atoms with van der Waals surface area (Å²) in [5, 5.41) is 9.62. The maximum atomic E-state index is 13.1. The van der Waals surface area contributed by atoms with Crippen LogP contribution in [0.2, 0.25) is 0 Å². The van der Waals surface area contributed by atoms with Gasteiger partial charge in [0.1, 0.15) is 6.10 Å². The molecule has 32 heavy (non-hydrogen) atoms. The molecule has 0 radical (unpaired) electrons. The Kier molecular flexibility index (Phi) is 7.37. The first-order valence-corrected chi connectivity index (χ1v) is 11.3. The zero-order chi connectivity index (χ0) is 24.9. The largest absolute Gasteiger partial charge is 0.462 e. The predicted molar refractivity (Wildman–Crippen MR) is 108 cm³/mol. The number of aliphatic hydroxyl groups is 1. The van der Waals surface area contributed by atoms with Crippen LogP contribution in [-0.2, 0) is 9.53 Å². The predicted octanol–water partition coefficient (Wildman–Crippen LogP) is 6.68. The monoisotopic (exact) mass is 474 g/mol. The standard InChI is InChI=1S/C23H36F6O3/c1-13(2)20(6,12-19(3,4)5)18(30)32-17-9-14-7-15(10-17)16(8-14)11-21(31,22(24,25)26)23(27,28)29/h13-17,31H,7-12H2,1-6H3. The maximum absolute atomic E-state index is 13.1. The molecular formula is C23H36F6O3. The molecule has 5 unspecified atom stereocenters. The van der Waals surface area contributed by atoms with Crippen LogP contribution in [0, 0.1) is 34.5 Å². The summed E-state index contributed by atoms with van der Waals surface area (Å²) in [6.07, 6.45) is -11.6. The lowest BCUT2D eigenvalue weighted by Gasteiger charge is -2.39. The Morgan fingerprint density at radius 3 is 1.91 bits per heavy atom. The number of hydrogen-bond donors (Lipinski definition) is 1.